The number of nitrogens with zero attached hydrogens (tertiary/aromatic N) is 3. The zero-order chi connectivity index (χ0) is 38.4. The molecular formula is C46H46N4O5. The van der Waals surface area contributed by atoms with Crippen molar-refractivity contribution in [3.8, 4) is 17.2 Å². The molecule has 55 heavy (non-hydrogen) atoms. The zero-order valence-electron chi connectivity index (χ0n) is 32.2. The van der Waals surface area contributed by atoms with Gasteiger partial charge in [0.05, 0.1) is 25.1 Å². The van der Waals surface area contributed by atoms with E-state index in [1.807, 2.05) is 76.7 Å². The van der Waals surface area contributed by atoms with Crippen LogP contribution in [0, 0.1) is 20.8 Å². The summed E-state index contributed by atoms with van der Waals surface area (Å²) in [7, 11) is 5.50. The molecule has 1 amide bonds. The van der Waals surface area contributed by atoms with Crippen molar-refractivity contribution in [3.05, 3.63) is 135 Å². The summed E-state index contributed by atoms with van der Waals surface area (Å²) in [5, 5.41) is 13.7. The molecule has 2 atom stereocenters. The first-order valence-electron chi connectivity index (χ1n) is 18.7. The van der Waals surface area contributed by atoms with Gasteiger partial charge in [-0.15, -0.1) is 0 Å². The molecule has 3 aliphatic rings. The van der Waals surface area contributed by atoms with Gasteiger partial charge in [0.1, 0.15) is 38.8 Å². The van der Waals surface area contributed by atoms with E-state index >= 15 is 0 Å². The Hall–Kier alpha value is -5.93. The van der Waals surface area contributed by atoms with Crippen molar-refractivity contribution in [2.45, 2.75) is 65.5 Å². The van der Waals surface area contributed by atoms with Gasteiger partial charge in [-0.05, 0) is 109 Å². The second kappa shape index (κ2) is 14.7. The Morgan fingerprint density at radius 1 is 0.855 bits per heavy atom. The minimum absolute atomic E-state index is 0.0600. The van der Waals surface area contributed by atoms with Crippen LogP contribution in [0.3, 0.4) is 0 Å². The van der Waals surface area contributed by atoms with Gasteiger partial charge in [-0.25, -0.2) is 0 Å². The van der Waals surface area contributed by atoms with E-state index in [0.717, 1.165) is 56.9 Å². The smallest absolute Gasteiger partial charge is 0.246 e. The predicted octanol–water partition coefficient (Wildman–Crippen LogP) is 7.34. The SMILES string of the molecule is COc1cc2c(cc1OCc1cc(COc3cc([N+](C)=[C-][C@@H]4Cc5ccccc5N4)ccc3CO)c(C)c(C)c1C)[N+](C)=[C-][C@@H]1Cc3ccccc3N1C2=O. The fourth-order valence-corrected chi connectivity index (χ4v) is 7.93. The quantitative estimate of drug-likeness (QED) is 0.0888. The van der Waals surface area contributed by atoms with E-state index in [-0.39, 0.29) is 31.2 Å². The molecule has 5 aromatic rings. The van der Waals surface area contributed by atoms with Gasteiger partial charge in [-0.3, -0.25) is 4.79 Å². The van der Waals surface area contributed by atoms with Crippen LogP contribution in [0.15, 0.2) is 84.9 Å². The second-order valence-electron chi connectivity index (χ2n) is 14.6. The van der Waals surface area contributed by atoms with Gasteiger partial charge >= 0.3 is 0 Å². The summed E-state index contributed by atoms with van der Waals surface area (Å²) < 4.78 is 22.7. The van der Waals surface area contributed by atoms with E-state index in [0.29, 0.717) is 47.1 Å². The van der Waals surface area contributed by atoms with Crippen molar-refractivity contribution in [2.75, 3.05) is 31.4 Å². The van der Waals surface area contributed by atoms with E-state index in [9.17, 15) is 9.90 Å². The van der Waals surface area contributed by atoms with Gasteiger partial charge < -0.3 is 38.7 Å². The number of hydrogen-bond donors (Lipinski definition) is 2. The monoisotopic (exact) mass is 734 g/mol. The van der Waals surface area contributed by atoms with Crippen molar-refractivity contribution in [1.82, 2.24) is 0 Å². The highest BCUT2D eigenvalue weighted by molar-refractivity contribution is 6.13. The summed E-state index contributed by atoms with van der Waals surface area (Å²) in [6.45, 7) is 6.80. The van der Waals surface area contributed by atoms with Gasteiger partial charge in [0.25, 0.3) is 0 Å². The minimum Gasteiger partial charge on any atom is -0.493 e. The van der Waals surface area contributed by atoms with Gasteiger partial charge in [0.15, 0.2) is 5.75 Å². The van der Waals surface area contributed by atoms with Crippen molar-refractivity contribution in [3.63, 3.8) is 0 Å². The Kier molecular flexibility index (Phi) is 9.65. The number of ether oxygens (including phenoxy) is 3. The number of para-hydroxylation sites is 2. The van der Waals surface area contributed by atoms with Gasteiger partial charge in [0, 0.05) is 47.0 Å². The minimum atomic E-state index is -0.197. The van der Waals surface area contributed by atoms with Crippen molar-refractivity contribution < 1.29 is 33.3 Å². The molecule has 3 aliphatic heterocycles. The largest absolute Gasteiger partial charge is 0.493 e. The topological polar surface area (TPSA) is 86.3 Å². The fraction of sp³-hybridized carbons (Fsp3) is 0.283. The zero-order valence-corrected chi connectivity index (χ0v) is 32.2. The highest BCUT2D eigenvalue weighted by atomic mass is 16.5. The van der Waals surface area contributed by atoms with E-state index in [4.69, 9.17) is 14.2 Å². The number of rotatable bonds is 10. The first-order chi connectivity index (χ1) is 26.6. The lowest BCUT2D eigenvalue weighted by Gasteiger charge is -2.23. The molecule has 0 bridgehead atoms. The van der Waals surface area contributed by atoms with Crippen LogP contribution >= 0.6 is 0 Å². The number of carbonyl (C=O) groups is 1. The molecule has 0 radical (unpaired) electrons. The highest BCUT2D eigenvalue weighted by Crippen LogP contribution is 2.41. The first-order valence-corrected chi connectivity index (χ1v) is 18.7. The Morgan fingerprint density at radius 3 is 2.29 bits per heavy atom. The third-order valence-corrected chi connectivity index (χ3v) is 11.3. The molecule has 0 aromatic heterocycles. The maximum atomic E-state index is 14.0. The second-order valence-corrected chi connectivity index (χ2v) is 14.6. The molecule has 0 saturated heterocycles. The van der Waals surface area contributed by atoms with Crippen molar-refractivity contribution in [2.24, 2.45) is 0 Å². The van der Waals surface area contributed by atoms with Crippen molar-refractivity contribution in [1.29, 1.82) is 0 Å². The number of benzene rings is 5. The van der Waals surface area contributed by atoms with Crippen LogP contribution in [-0.2, 0) is 32.7 Å². The fourth-order valence-electron chi connectivity index (χ4n) is 7.93. The molecule has 9 nitrogen and oxygen atoms in total. The number of aliphatic hydroxyl groups excluding tert-OH is 1. The molecule has 3 heterocycles. The number of carbonyl (C=O) groups excluding carboxylic acids is 1. The molecule has 0 saturated carbocycles. The van der Waals surface area contributed by atoms with Gasteiger partial charge in [-0.2, -0.15) is 0 Å². The molecule has 0 fully saturated rings. The molecule has 9 heteroatoms. The lowest BCUT2D eigenvalue weighted by molar-refractivity contribution is -0.401. The van der Waals surface area contributed by atoms with Gasteiger partial charge in [-0.1, -0.05) is 48.5 Å². The maximum absolute atomic E-state index is 14.0. The summed E-state index contributed by atoms with van der Waals surface area (Å²) >= 11 is 0. The number of nitrogens with one attached hydrogen (secondary N) is 1. The van der Waals surface area contributed by atoms with Crippen LogP contribution in [0.1, 0.15) is 54.9 Å². The molecule has 0 aliphatic carbocycles. The maximum Gasteiger partial charge on any atom is 0.246 e. The van der Waals surface area contributed by atoms with Crippen LogP contribution in [0.4, 0.5) is 22.7 Å². The van der Waals surface area contributed by atoms with E-state index in [1.54, 1.807) is 13.2 Å². The molecule has 280 valence electrons. The number of amides is 1. The lowest BCUT2D eigenvalue weighted by atomic mass is 9.94. The Morgan fingerprint density at radius 2 is 1.56 bits per heavy atom. The molecule has 2 N–H and O–H groups in total. The summed E-state index contributed by atoms with van der Waals surface area (Å²) in [4.78, 5) is 15.9. The number of methoxy groups -OCH3 is 1. The standard InChI is InChI=1S/C46H46N4O5/c1-28-29(2)34(26-54-43-20-37(16-15-33(43)25-51)48(4)23-36-18-31-11-7-9-13-40(31)47-36)17-35(30(28)3)27-55-45-22-42-39(21-44(45)53-6)46(52)50-38(24-49(42)5)19-32-12-8-10-14-41(32)50/h7-17,20-22,36,38,47,51H,18-19,25-27H2,1-6H3/t36-,38-/m0/s1. The van der Waals surface area contributed by atoms with Gasteiger partial charge in [0.2, 0.25) is 5.91 Å². The van der Waals surface area contributed by atoms with Crippen LogP contribution in [0.5, 0.6) is 17.2 Å². The Labute approximate surface area is 322 Å². The van der Waals surface area contributed by atoms with Crippen molar-refractivity contribution >= 4 is 41.1 Å². The molecular weight excluding hydrogens is 689 g/mol. The number of hydrogen-bond acceptors (Lipinski definition) is 6. The van der Waals surface area contributed by atoms with E-state index in [1.165, 1.54) is 5.56 Å². The lowest BCUT2D eigenvalue weighted by Crippen LogP contribution is -2.38. The predicted molar refractivity (Wildman–Crippen MR) is 215 cm³/mol. The van der Waals surface area contributed by atoms with E-state index < -0.39 is 0 Å². The molecule has 5 aromatic carbocycles. The Bertz CT molecular complexity index is 2370. The number of anilines is 2. The van der Waals surface area contributed by atoms with Crippen LogP contribution in [0.2, 0.25) is 0 Å². The molecule has 8 rings (SSSR count). The van der Waals surface area contributed by atoms with Crippen LogP contribution in [0.25, 0.3) is 0 Å². The summed E-state index contributed by atoms with van der Waals surface area (Å²) in [5.41, 5.74) is 12.9. The first kappa shape index (κ1) is 36.1. The summed E-state index contributed by atoms with van der Waals surface area (Å²) in [5.74, 6) is 1.56. The van der Waals surface area contributed by atoms with Crippen LogP contribution in [-0.4, -0.2) is 65.9 Å². The number of fused-ring (bicyclic) bond motifs is 5. The Balaban J connectivity index is 1.02. The third kappa shape index (κ3) is 6.74. The van der Waals surface area contributed by atoms with Crippen LogP contribution < -0.4 is 24.4 Å². The average Bonchev–Trinajstić information content (AvgIpc) is 3.76. The third-order valence-electron chi connectivity index (χ3n) is 11.3. The number of aliphatic hydroxyl groups is 1. The van der Waals surface area contributed by atoms with E-state index in [2.05, 4.69) is 68.8 Å². The molecule has 0 spiro atoms. The molecule has 0 unspecified atom stereocenters. The summed E-state index contributed by atoms with van der Waals surface area (Å²) in [6, 6.07) is 27.9. The average molecular weight is 735 g/mol. The normalized spacial score (nSPS) is 17.1. The highest BCUT2D eigenvalue weighted by Gasteiger charge is 2.36. The summed E-state index contributed by atoms with van der Waals surface area (Å²) in [6.07, 6.45) is 8.64.